The van der Waals surface area contributed by atoms with Crippen molar-refractivity contribution in [2.45, 2.75) is 51.6 Å². The summed E-state index contributed by atoms with van der Waals surface area (Å²) in [4.78, 5) is 23.2. The van der Waals surface area contributed by atoms with Gasteiger partial charge in [-0.3, -0.25) is 15.2 Å². The average molecular weight is 489 g/mol. The highest BCUT2D eigenvalue weighted by molar-refractivity contribution is 5.94. The van der Waals surface area contributed by atoms with E-state index in [1.165, 1.54) is 18.6 Å². The summed E-state index contributed by atoms with van der Waals surface area (Å²) in [6.07, 6.45) is 4.57. The molecule has 2 aliphatic rings. The molecule has 4 heterocycles. The van der Waals surface area contributed by atoms with Crippen molar-refractivity contribution < 1.29 is 14.3 Å². The first-order chi connectivity index (χ1) is 17.5. The molecule has 1 amide bonds. The van der Waals surface area contributed by atoms with E-state index in [1.54, 1.807) is 0 Å². The highest BCUT2D eigenvalue weighted by Crippen LogP contribution is 2.34. The van der Waals surface area contributed by atoms with Crippen LogP contribution in [0.4, 0.5) is 4.39 Å². The van der Waals surface area contributed by atoms with Crippen LogP contribution >= 0.6 is 0 Å². The van der Waals surface area contributed by atoms with Gasteiger partial charge in [0.15, 0.2) is 17.4 Å². The molecule has 1 fully saturated rings. The number of aromatic hydroxyl groups is 1. The summed E-state index contributed by atoms with van der Waals surface area (Å²) in [5, 5.41) is 21.6. The minimum absolute atomic E-state index is 0.166. The van der Waals surface area contributed by atoms with Gasteiger partial charge in [-0.05, 0) is 66.6 Å². The number of fused-ring (bicyclic) bond motifs is 2. The number of carbonyl (C=O) groups excluding carboxylic acids is 1. The van der Waals surface area contributed by atoms with Crippen LogP contribution in [0.2, 0.25) is 0 Å². The molecule has 0 saturated carbocycles. The van der Waals surface area contributed by atoms with Gasteiger partial charge in [-0.1, -0.05) is 13.0 Å². The lowest BCUT2D eigenvalue weighted by atomic mass is 9.96. The number of rotatable bonds is 4. The number of benzene rings is 2. The predicted octanol–water partition coefficient (Wildman–Crippen LogP) is 4.05. The fourth-order valence-corrected chi connectivity index (χ4v) is 5.41. The third-order valence-electron chi connectivity index (χ3n) is 7.40. The van der Waals surface area contributed by atoms with Gasteiger partial charge in [0, 0.05) is 31.4 Å². The molecule has 9 heteroatoms. The van der Waals surface area contributed by atoms with Crippen LogP contribution in [-0.2, 0) is 24.2 Å². The van der Waals surface area contributed by atoms with E-state index < -0.39 is 5.82 Å². The number of phenols is 1. The molecule has 8 nitrogen and oxygen atoms in total. The van der Waals surface area contributed by atoms with Gasteiger partial charge in [0.2, 0.25) is 5.91 Å². The number of hydrogen-bond acceptors (Lipinski definition) is 5. The number of hydrogen-bond donors (Lipinski definition) is 4. The number of aryl methyl sites for hydroxylation is 1. The van der Waals surface area contributed by atoms with Crippen molar-refractivity contribution in [3.8, 4) is 28.4 Å². The summed E-state index contributed by atoms with van der Waals surface area (Å²) in [6.45, 7) is 4.22. The molecule has 0 aliphatic carbocycles. The third kappa shape index (κ3) is 3.93. The summed E-state index contributed by atoms with van der Waals surface area (Å²) >= 11 is 0. The van der Waals surface area contributed by atoms with Crippen LogP contribution in [0.15, 0.2) is 30.3 Å². The van der Waals surface area contributed by atoms with Crippen molar-refractivity contribution in [3.05, 3.63) is 53.1 Å². The van der Waals surface area contributed by atoms with Crippen molar-refractivity contribution in [2.75, 3.05) is 13.1 Å². The number of piperidine rings is 1. The summed E-state index contributed by atoms with van der Waals surface area (Å²) < 4.78 is 14.1. The van der Waals surface area contributed by atoms with Crippen molar-refractivity contribution in [1.29, 1.82) is 0 Å². The summed E-state index contributed by atoms with van der Waals surface area (Å²) in [5.74, 6) is -0.146. The lowest BCUT2D eigenvalue weighted by molar-refractivity contribution is -0.134. The van der Waals surface area contributed by atoms with Gasteiger partial charge in [0.25, 0.3) is 0 Å². The lowest BCUT2D eigenvalue weighted by Gasteiger charge is -2.32. The molecular formula is C27H29FN6O2. The maximum absolute atomic E-state index is 14.1. The van der Waals surface area contributed by atoms with E-state index in [1.807, 2.05) is 30.0 Å². The fraction of sp³-hybridized carbons (Fsp3) is 0.370. The molecule has 2 aromatic heterocycles. The second-order valence-electron chi connectivity index (χ2n) is 9.68. The Morgan fingerprint density at radius 3 is 2.83 bits per heavy atom. The standard InChI is InChI=1S/C27H29FN6O2/c1-2-15-11-24(35)19(28)12-18(15)16-6-7-17-20(10-16)32-33-25(17)26-30-21-13-22(29-14-23(21)31-26)27(36)34-8-4-3-5-9-34/h6-7,10-12,22,29,35H,2-5,8-9,13-14H2,1H3,(H,30,31)(H,32,33). The molecule has 4 aromatic rings. The van der Waals surface area contributed by atoms with E-state index in [9.17, 15) is 14.3 Å². The number of carbonyl (C=O) groups is 1. The van der Waals surface area contributed by atoms with Gasteiger partial charge >= 0.3 is 0 Å². The number of amides is 1. The molecule has 186 valence electrons. The zero-order chi connectivity index (χ0) is 24.8. The van der Waals surface area contributed by atoms with Crippen LogP contribution in [0.25, 0.3) is 33.5 Å². The first kappa shape index (κ1) is 22.7. The number of imidazole rings is 1. The third-order valence-corrected chi connectivity index (χ3v) is 7.40. The van der Waals surface area contributed by atoms with Crippen LogP contribution in [0.1, 0.15) is 43.1 Å². The Kier molecular flexibility index (Phi) is 5.72. The topological polar surface area (TPSA) is 110 Å². The van der Waals surface area contributed by atoms with E-state index in [2.05, 4.69) is 20.5 Å². The second kappa shape index (κ2) is 9.05. The van der Waals surface area contributed by atoms with E-state index in [0.29, 0.717) is 30.9 Å². The Bertz CT molecular complexity index is 1450. The number of aromatic amines is 2. The summed E-state index contributed by atoms with van der Waals surface area (Å²) in [7, 11) is 0. The number of likely N-dealkylation sites (tertiary alicyclic amines) is 1. The van der Waals surface area contributed by atoms with Gasteiger partial charge in [0.05, 0.1) is 22.9 Å². The first-order valence-electron chi connectivity index (χ1n) is 12.6. The molecular weight excluding hydrogens is 459 g/mol. The zero-order valence-electron chi connectivity index (χ0n) is 20.2. The minimum Gasteiger partial charge on any atom is -0.505 e. The molecule has 2 aromatic carbocycles. The van der Waals surface area contributed by atoms with Crippen molar-refractivity contribution in [1.82, 2.24) is 30.4 Å². The minimum atomic E-state index is -0.639. The van der Waals surface area contributed by atoms with E-state index in [4.69, 9.17) is 4.98 Å². The van der Waals surface area contributed by atoms with Crippen LogP contribution < -0.4 is 5.32 Å². The molecule has 36 heavy (non-hydrogen) atoms. The van der Waals surface area contributed by atoms with E-state index in [0.717, 1.165) is 64.9 Å². The number of aromatic nitrogens is 4. The summed E-state index contributed by atoms with van der Waals surface area (Å²) in [6, 6.07) is 8.44. The molecule has 0 bridgehead atoms. The molecule has 1 atom stereocenters. The Balaban J connectivity index is 1.28. The molecule has 4 N–H and O–H groups in total. The van der Waals surface area contributed by atoms with Gasteiger partial charge in [-0.2, -0.15) is 5.10 Å². The van der Waals surface area contributed by atoms with Gasteiger partial charge in [-0.25, -0.2) is 9.37 Å². The zero-order valence-corrected chi connectivity index (χ0v) is 20.2. The fourth-order valence-electron chi connectivity index (χ4n) is 5.41. The smallest absolute Gasteiger partial charge is 0.240 e. The van der Waals surface area contributed by atoms with Crippen LogP contribution in [0, 0.1) is 5.82 Å². The normalized spacial score (nSPS) is 17.9. The van der Waals surface area contributed by atoms with E-state index in [-0.39, 0.29) is 17.7 Å². The monoisotopic (exact) mass is 488 g/mol. The number of nitrogens with zero attached hydrogens (tertiary/aromatic N) is 3. The van der Waals surface area contributed by atoms with Crippen LogP contribution in [0.5, 0.6) is 5.75 Å². The molecule has 0 spiro atoms. The number of halogens is 1. The average Bonchev–Trinajstić information content (AvgIpc) is 3.53. The highest BCUT2D eigenvalue weighted by Gasteiger charge is 2.31. The number of H-pyrrole nitrogens is 2. The Labute approximate surface area is 207 Å². The van der Waals surface area contributed by atoms with Gasteiger partial charge < -0.3 is 15.0 Å². The van der Waals surface area contributed by atoms with Crippen molar-refractivity contribution >= 4 is 16.8 Å². The van der Waals surface area contributed by atoms with Crippen molar-refractivity contribution in [2.24, 2.45) is 0 Å². The van der Waals surface area contributed by atoms with Gasteiger partial charge in [-0.15, -0.1) is 0 Å². The Morgan fingerprint density at radius 1 is 1.19 bits per heavy atom. The second-order valence-corrected chi connectivity index (χ2v) is 9.68. The van der Waals surface area contributed by atoms with E-state index >= 15 is 0 Å². The summed E-state index contributed by atoms with van der Waals surface area (Å²) in [5.41, 5.74) is 5.85. The molecule has 2 aliphatic heterocycles. The molecule has 6 rings (SSSR count). The van der Waals surface area contributed by atoms with Gasteiger partial charge in [0.1, 0.15) is 5.69 Å². The Hall–Kier alpha value is -3.72. The lowest BCUT2D eigenvalue weighted by Crippen LogP contribution is -2.50. The SMILES string of the molecule is CCc1cc(O)c(F)cc1-c1ccc2c(-c3nc4c([nH]3)CNC(C(=O)N3CCCCC3)C4)n[nH]c2c1. The van der Waals surface area contributed by atoms with Crippen LogP contribution in [0.3, 0.4) is 0 Å². The Morgan fingerprint density at radius 2 is 2.03 bits per heavy atom. The molecule has 1 unspecified atom stereocenters. The maximum Gasteiger partial charge on any atom is 0.240 e. The largest absolute Gasteiger partial charge is 0.505 e. The quantitative estimate of drug-likeness (QED) is 0.346. The first-order valence-corrected chi connectivity index (χ1v) is 12.6. The molecule has 1 saturated heterocycles. The van der Waals surface area contributed by atoms with Crippen LogP contribution in [-0.4, -0.2) is 55.2 Å². The number of nitrogens with one attached hydrogen (secondary N) is 3. The van der Waals surface area contributed by atoms with Crippen molar-refractivity contribution in [3.63, 3.8) is 0 Å². The molecule has 0 radical (unpaired) electrons. The number of phenolic OH excluding ortho intramolecular Hbond substituents is 1. The maximum atomic E-state index is 14.1. The highest BCUT2D eigenvalue weighted by atomic mass is 19.1. The predicted molar refractivity (Wildman–Crippen MR) is 135 cm³/mol.